The molecule has 0 radical (unpaired) electrons. The van der Waals surface area contributed by atoms with Gasteiger partial charge in [0.2, 0.25) is 5.91 Å². The first-order valence-corrected chi connectivity index (χ1v) is 7.73. The predicted molar refractivity (Wildman–Crippen MR) is 82.7 cm³/mol. The fraction of sp³-hybridized carbons (Fsp3) is 0.467. The number of hydrogen-bond donors (Lipinski definition) is 1. The third-order valence-electron chi connectivity index (χ3n) is 3.52. The molecule has 0 saturated carbocycles. The highest BCUT2D eigenvalue weighted by Gasteiger charge is 2.31. The van der Waals surface area contributed by atoms with Gasteiger partial charge in [-0.05, 0) is 30.0 Å². The van der Waals surface area contributed by atoms with Crippen molar-refractivity contribution in [2.45, 2.75) is 26.8 Å². The Hall–Kier alpha value is -1.33. The number of nitrogens with zero attached hydrogens (tertiary/aromatic N) is 1. The van der Waals surface area contributed by atoms with Gasteiger partial charge in [-0.15, -0.1) is 0 Å². The van der Waals surface area contributed by atoms with E-state index in [1.54, 1.807) is 6.92 Å². The average Bonchev–Trinajstić information content (AvgIpc) is 2.77. The van der Waals surface area contributed by atoms with Gasteiger partial charge in [0.1, 0.15) is 0 Å². The molecule has 0 aliphatic carbocycles. The summed E-state index contributed by atoms with van der Waals surface area (Å²) in [5, 5.41) is 0.111. The van der Waals surface area contributed by atoms with Crippen LogP contribution in [0, 0.1) is 12.8 Å². The summed E-state index contributed by atoms with van der Waals surface area (Å²) < 4.78 is 0. The standard InChI is InChI=1S/C15H20N2O2S/c1-10-5-12(7-16)3-4-14(10)17-8-13(6-15(17)19)9-20-11(2)18/h3-5,13H,6-9,16H2,1-2H3. The Kier molecular flexibility index (Phi) is 4.83. The number of nitrogens with two attached hydrogens (primary N) is 1. The molecule has 0 aromatic heterocycles. The predicted octanol–water partition coefficient (Wildman–Crippen LogP) is 2.09. The van der Waals surface area contributed by atoms with Gasteiger partial charge in [-0.25, -0.2) is 0 Å². The molecule has 108 valence electrons. The molecule has 1 aromatic carbocycles. The highest BCUT2D eigenvalue weighted by molar-refractivity contribution is 8.13. The van der Waals surface area contributed by atoms with E-state index < -0.39 is 0 Å². The van der Waals surface area contributed by atoms with Crippen LogP contribution in [0.2, 0.25) is 0 Å². The van der Waals surface area contributed by atoms with Crippen molar-refractivity contribution in [3.8, 4) is 0 Å². The SMILES string of the molecule is CC(=O)SCC1CC(=O)N(c2ccc(CN)cc2C)C1. The van der Waals surface area contributed by atoms with E-state index in [0.29, 0.717) is 19.5 Å². The van der Waals surface area contributed by atoms with Crippen LogP contribution < -0.4 is 10.6 Å². The maximum Gasteiger partial charge on any atom is 0.227 e. The molecule has 1 atom stereocenters. The van der Waals surface area contributed by atoms with Crippen LogP contribution in [0.15, 0.2) is 18.2 Å². The van der Waals surface area contributed by atoms with Gasteiger partial charge in [-0.3, -0.25) is 9.59 Å². The Morgan fingerprint density at radius 2 is 2.25 bits per heavy atom. The van der Waals surface area contributed by atoms with Gasteiger partial charge in [0.25, 0.3) is 0 Å². The number of aryl methyl sites for hydroxylation is 1. The van der Waals surface area contributed by atoms with Gasteiger partial charge in [0.15, 0.2) is 5.12 Å². The van der Waals surface area contributed by atoms with Crippen molar-refractivity contribution in [1.82, 2.24) is 0 Å². The van der Waals surface area contributed by atoms with Gasteiger partial charge in [0.05, 0.1) is 0 Å². The quantitative estimate of drug-likeness (QED) is 0.923. The summed E-state index contributed by atoms with van der Waals surface area (Å²) in [6.45, 7) is 4.77. The molecular weight excluding hydrogens is 272 g/mol. The van der Waals surface area contributed by atoms with E-state index in [4.69, 9.17) is 5.73 Å². The number of amides is 1. The van der Waals surface area contributed by atoms with Gasteiger partial charge in [-0.2, -0.15) is 0 Å². The molecule has 1 amide bonds. The molecule has 1 aromatic rings. The molecule has 1 unspecified atom stereocenters. The van der Waals surface area contributed by atoms with E-state index in [1.807, 2.05) is 30.0 Å². The normalized spacial score (nSPS) is 18.6. The highest BCUT2D eigenvalue weighted by Crippen LogP contribution is 2.30. The first-order chi connectivity index (χ1) is 9.51. The number of carbonyl (C=O) groups excluding carboxylic acids is 2. The maximum atomic E-state index is 12.1. The molecule has 1 aliphatic heterocycles. The zero-order chi connectivity index (χ0) is 14.7. The molecule has 1 aliphatic rings. The van der Waals surface area contributed by atoms with Gasteiger partial charge in [0, 0.05) is 37.9 Å². The molecule has 2 N–H and O–H groups in total. The number of thioether (sulfide) groups is 1. The second-order valence-electron chi connectivity index (χ2n) is 5.20. The summed E-state index contributed by atoms with van der Waals surface area (Å²) in [4.78, 5) is 25.0. The molecule has 2 rings (SSSR count). The second kappa shape index (κ2) is 6.41. The topological polar surface area (TPSA) is 63.4 Å². The van der Waals surface area contributed by atoms with E-state index in [0.717, 1.165) is 22.6 Å². The Balaban J connectivity index is 2.09. The van der Waals surface area contributed by atoms with Crippen LogP contribution in [0.5, 0.6) is 0 Å². The van der Waals surface area contributed by atoms with Crippen LogP contribution in [0.3, 0.4) is 0 Å². The van der Waals surface area contributed by atoms with Gasteiger partial charge < -0.3 is 10.6 Å². The van der Waals surface area contributed by atoms with Crippen molar-refractivity contribution >= 4 is 28.5 Å². The number of rotatable bonds is 4. The third kappa shape index (κ3) is 3.41. The molecule has 5 heteroatoms. The van der Waals surface area contributed by atoms with Crippen LogP contribution in [-0.2, 0) is 16.1 Å². The smallest absolute Gasteiger partial charge is 0.227 e. The molecular formula is C15H20N2O2S. The lowest BCUT2D eigenvalue weighted by atomic mass is 10.1. The van der Waals surface area contributed by atoms with E-state index in [1.165, 1.54) is 11.8 Å². The lowest BCUT2D eigenvalue weighted by Gasteiger charge is -2.19. The van der Waals surface area contributed by atoms with E-state index >= 15 is 0 Å². The number of anilines is 1. The lowest BCUT2D eigenvalue weighted by molar-refractivity contribution is -0.117. The van der Waals surface area contributed by atoms with Crippen LogP contribution in [0.1, 0.15) is 24.5 Å². The minimum Gasteiger partial charge on any atom is -0.326 e. The minimum atomic E-state index is 0.111. The Labute approximate surface area is 123 Å². The fourth-order valence-electron chi connectivity index (χ4n) is 2.51. The molecule has 1 fully saturated rings. The lowest BCUT2D eigenvalue weighted by Crippen LogP contribution is -2.25. The third-order valence-corrected chi connectivity index (χ3v) is 4.56. The number of carbonyl (C=O) groups is 2. The monoisotopic (exact) mass is 292 g/mol. The van der Waals surface area contributed by atoms with Crippen LogP contribution in [-0.4, -0.2) is 23.3 Å². The van der Waals surface area contributed by atoms with Crippen molar-refractivity contribution in [3.05, 3.63) is 29.3 Å². The van der Waals surface area contributed by atoms with Gasteiger partial charge >= 0.3 is 0 Å². The van der Waals surface area contributed by atoms with Crippen molar-refractivity contribution in [1.29, 1.82) is 0 Å². The highest BCUT2D eigenvalue weighted by atomic mass is 32.2. The minimum absolute atomic E-state index is 0.111. The van der Waals surface area contributed by atoms with Crippen molar-refractivity contribution in [3.63, 3.8) is 0 Å². The Morgan fingerprint density at radius 1 is 1.50 bits per heavy atom. The molecule has 0 bridgehead atoms. The van der Waals surface area contributed by atoms with Crippen LogP contribution in [0.4, 0.5) is 5.69 Å². The molecule has 1 saturated heterocycles. The summed E-state index contributed by atoms with van der Waals surface area (Å²) >= 11 is 1.30. The van der Waals surface area contributed by atoms with E-state index in [9.17, 15) is 9.59 Å². The maximum absolute atomic E-state index is 12.1. The summed E-state index contributed by atoms with van der Waals surface area (Å²) in [6, 6.07) is 5.96. The zero-order valence-electron chi connectivity index (χ0n) is 11.9. The molecule has 20 heavy (non-hydrogen) atoms. The zero-order valence-corrected chi connectivity index (χ0v) is 12.7. The summed E-state index contributed by atoms with van der Waals surface area (Å²) in [5.74, 6) is 1.12. The largest absolute Gasteiger partial charge is 0.326 e. The first-order valence-electron chi connectivity index (χ1n) is 6.74. The van der Waals surface area contributed by atoms with Crippen molar-refractivity contribution < 1.29 is 9.59 Å². The number of benzene rings is 1. The molecule has 4 nitrogen and oxygen atoms in total. The first kappa shape index (κ1) is 15.1. The molecule has 0 spiro atoms. The Morgan fingerprint density at radius 3 is 2.85 bits per heavy atom. The van der Waals surface area contributed by atoms with Crippen molar-refractivity contribution in [2.24, 2.45) is 11.7 Å². The summed E-state index contributed by atoms with van der Waals surface area (Å²) in [7, 11) is 0. The number of hydrogen-bond acceptors (Lipinski definition) is 4. The summed E-state index contributed by atoms with van der Waals surface area (Å²) in [6.07, 6.45) is 0.526. The van der Waals surface area contributed by atoms with E-state index in [-0.39, 0.29) is 16.9 Å². The van der Waals surface area contributed by atoms with Crippen molar-refractivity contribution in [2.75, 3.05) is 17.2 Å². The van der Waals surface area contributed by atoms with Gasteiger partial charge in [-0.1, -0.05) is 23.9 Å². The fourth-order valence-corrected chi connectivity index (χ4v) is 3.20. The second-order valence-corrected chi connectivity index (χ2v) is 6.40. The van der Waals surface area contributed by atoms with Crippen LogP contribution >= 0.6 is 11.8 Å². The Bertz CT molecular complexity index is 531. The van der Waals surface area contributed by atoms with E-state index in [2.05, 4.69) is 0 Å². The van der Waals surface area contributed by atoms with Crippen LogP contribution in [0.25, 0.3) is 0 Å². The summed E-state index contributed by atoms with van der Waals surface area (Å²) in [5.41, 5.74) is 8.73. The molecule has 1 heterocycles. The average molecular weight is 292 g/mol.